The molecule has 2 rings (SSSR count). The molecule has 120 valence electrons. The van der Waals surface area contributed by atoms with Crippen LogP contribution in [0.2, 0.25) is 15.1 Å². The van der Waals surface area contributed by atoms with Gasteiger partial charge in [0.2, 0.25) is 11.8 Å². The molecule has 0 heterocycles. The molecule has 0 fully saturated rings. The van der Waals surface area contributed by atoms with Gasteiger partial charge in [0.15, 0.2) is 0 Å². The van der Waals surface area contributed by atoms with Crippen molar-refractivity contribution in [3.05, 3.63) is 57.5 Å². The van der Waals surface area contributed by atoms with Gasteiger partial charge in [-0.1, -0.05) is 40.9 Å². The Morgan fingerprint density at radius 3 is 2.30 bits per heavy atom. The van der Waals surface area contributed by atoms with Crippen molar-refractivity contribution < 1.29 is 9.59 Å². The van der Waals surface area contributed by atoms with E-state index in [2.05, 4.69) is 5.32 Å². The summed E-state index contributed by atoms with van der Waals surface area (Å²) in [4.78, 5) is 25.3. The van der Waals surface area contributed by atoms with Crippen LogP contribution in [0.5, 0.6) is 0 Å². The van der Waals surface area contributed by atoms with Gasteiger partial charge in [-0.2, -0.15) is 0 Å². The average molecular weight is 372 g/mol. The number of hydrogen-bond donors (Lipinski definition) is 1. The third-order valence-electron chi connectivity index (χ3n) is 3.05. The predicted molar refractivity (Wildman–Crippen MR) is 94.6 cm³/mol. The largest absolute Gasteiger partial charge is 0.323 e. The van der Waals surface area contributed by atoms with Crippen molar-refractivity contribution in [3.8, 4) is 0 Å². The Balaban J connectivity index is 2.14. The second kappa shape index (κ2) is 7.68. The van der Waals surface area contributed by atoms with Crippen molar-refractivity contribution >= 4 is 58.0 Å². The number of carbonyl (C=O) groups is 2. The van der Waals surface area contributed by atoms with Gasteiger partial charge in [0.05, 0.1) is 15.7 Å². The molecule has 0 saturated heterocycles. The van der Waals surface area contributed by atoms with Crippen LogP contribution in [0.25, 0.3) is 0 Å². The standard InChI is InChI=1S/C16H13Cl3N2O2/c1-10(22)21(12-7-5-11(17)6-8-12)9-15(23)20-14-4-2-3-13(18)16(14)19/h2-8H,9H2,1H3,(H,20,23). The third kappa shape index (κ3) is 4.61. The molecule has 0 aliphatic rings. The Bertz CT molecular complexity index is 733. The Labute approximate surface area is 148 Å². The van der Waals surface area contributed by atoms with Crippen LogP contribution >= 0.6 is 34.8 Å². The van der Waals surface area contributed by atoms with E-state index >= 15 is 0 Å². The second-order valence-corrected chi connectivity index (χ2v) is 5.95. The Morgan fingerprint density at radius 1 is 1.04 bits per heavy atom. The van der Waals surface area contributed by atoms with Gasteiger partial charge < -0.3 is 10.2 Å². The molecule has 0 aliphatic carbocycles. The number of rotatable bonds is 4. The Kier molecular flexibility index (Phi) is 5.88. The van der Waals surface area contributed by atoms with Gasteiger partial charge >= 0.3 is 0 Å². The van der Waals surface area contributed by atoms with E-state index < -0.39 is 0 Å². The molecule has 23 heavy (non-hydrogen) atoms. The molecule has 4 nitrogen and oxygen atoms in total. The topological polar surface area (TPSA) is 49.4 Å². The zero-order chi connectivity index (χ0) is 17.0. The predicted octanol–water partition coefficient (Wildman–Crippen LogP) is 4.64. The van der Waals surface area contributed by atoms with Gasteiger partial charge in [0, 0.05) is 17.6 Å². The maximum atomic E-state index is 12.2. The first-order valence-electron chi connectivity index (χ1n) is 6.66. The first-order chi connectivity index (χ1) is 10.9. The van der Waals surface area contributed by atoms with Crippen LogP contribution in [0.3, 0.4) is 0 Å². The second-order valence-electron chi connectivity index (χ2n) is 4.73. The number of halogens is 3. The Hall–Kier alpha value is -1.75. The maximum absolute atomic E-state index is 12.2. The summed E-state index contributed by atoms with van der Waals surface area (Å²) >= 11 is 17.8. The van der Waals surface area contributed by atoms with E-state index in [1.165, 1.54) is 11.8 Å². The lowest BCUT2D eigenvalue weighted by molar-refractivity contribution is -0.120. The van der Waals surface area contributed by atoms with Gasteiger partial charge in [-0.15, -0.1) is 0 Å². The quantitative estimate of drug-likeness (QED) is 0.851. The molecule has 2 aromatic carbocycles. The van der Waals surface area contributed by atoms with Crippen LogP contribution in [-0.2, 0) is 9.59 Å². The summed E-state index contributed by atoms with van der Waals surface area (Å²) in [5.41, 5.74) is 0.970. The molecule has 0 aliphatic heterocycles. The first kappa shape index (κ1) is 17.6. The lowest BCUT2D eigenvalue weighted by Crippen LogP contribution is -2.36. The molecule has 2 aromatic rings. The summed E-state index contributed by atoms with van der Waals surface area (Å²) < 4.78 is 0. The monoisotopic (exact) mass is 370 g/mol. The molecule has 7 heteroatoms. The molecular weight excluding hydrogens is 359 g/mol. The van der Waals surface area contributed by atoms with Gasteiger partial charge in [-0.3, -0.25) is 9.59 Å². The minimum atomic E-state index is -0.390. The normalized spacial score (nSPS) is 10.3. The molecule has 0 radical (unpaired) electrons. The summed E-state index contributed by atoms with van der Waals surface area (Å²) in [5.74, 6) is -0.654. The number of amides is 2. The summed E-state index contributed by atoms with van der Waals surface area (Å²) in [5, 5.41) is 3.78. The fraction of sp³-hybridized carbons (Fsp3) is 0.125. The van der Waals surface area contributed by atoms with Crippen LogP contribution in [0.15, 0.2) is 42.5 Å². The van der Waals surface area contributed by atoms with Crippen molar-refractivity contribution in [1.82, 2.24) is 0 Å². The Morgan fingerprint density at radius 2 is 1.70 bits per heavy atom. The summed E-state index contributed by atoms with van der Waals surface area (Å²) in [6, 6.07) is 11.6. The molecular formula is C16H13Cl3N2O2. The van der Waals surface area contributed by atoms with Gasteiger partial charge in [0.1, 0.15) is 6.54 Å². The molecule has 0 bridgehead atoms. The zero-order valence-electron chi connectivity index (χ0n) is 12.1. The van der Waals surface area contributed by atoms with Gasteiger partial charge in [-0.05, 0) is 36.4 Å². The average Bonchev–Trinajstić information content (AvgIpc) is 2.50. The van der Waals surface area contributed by atoms with E-state index in [1.54, 1.807) is 42.5 Å². The molecule has 1 N–H and O–H groups in total. The molecule has 2 amide bonds. The minimum absolute atomic E-state index is 0.153. The fourth-order valence-corrected chi connectivity index (χ4v) is 2.41. The molecule has 0 unspecified atom stereocenters. The number of nitrogens with zero attached hydrogens (tertiary/aromatic N) is 1. The fourth-order valence-electron chi connectivity index (χ4n) is 1.94. The molecule has 0 atom stereocenters. The highest BCUT2D eigenvalue weighted by atomic mass is 35.5. The van der Waals surface area contributed by atoms with Crippen LogP contribution in [-0.4, -0.2) is 18.4 Å². The van der Waals surface area contributed by atoms with Crippen LogP contribution in [0, 0.1) is 0 Å². The zero-order valence-corrected chi connectivity index (χ0v) is 14.4. The number of anilines is 2. The van der Waals surface area contributed by atoms with E-state index in [9.17, 15) is 9.59 Å². The van der Waals surface area contributed by atoms with Crippen molar-refractivity contribution in [2.75, 3.05) is 16.8 Å². The molecule has 0 spiro atoms. The van der Waals surface area contributed by atoms with E-state index in [-0.39, 0.29) is 23.4 Å². The third-order valence-corrected chi connectivity index (χ3v) is 4.12. The lowest BCUT2D eigenvalue weighted by Gasteiger charge is -2.21. The highest BCUT2D eigenvalue weighted by Gasteiger charge is 2.17. The van der Waals surface area contributed by atoms with Gasteiger partial charge in [0.25, 0.3) is 0 Å². The highest BCUT2D eigenvalue weighted by molar-refractivity contribution is 6.44. The van der Waals surface area contributed by atoms with E-state index in [4.69, 9.17) is 34.8 Å². The smallest absolute Gasteiger partial charge is 0.244 e. The van der Waals surface area contributed by atoms with E-state index in [0.717, 1.165) is 0 Å². The van der Waals surface area contributed by atoms with Crippen molar-refractivity contribution in [2.45, 2.75) is 6.92 Å². The number of nitrogens with one attached hydrogen (secondary N) is 1. The van der Waals surface area contributed by atoms with Crippen LogP contribution in [0.4, 0.5) is 11.4 Å². The molecule has 0 aromatic heterocycles. The summed E-state index contributed by atoms with van der Waals surface area (Å²) in [6.45, 7) is 1.23. The number of hydrogen-bond acceptors (Lipinski definition) is 2. The van der Waals surface area contributed by atoms with E-state index in [0.29, 0.717) is 21.4 Å². The van der Waals surface area contributed by atoms with Crippen molar-refractivity contribution in [2.24, 2.45) is 0 Å². The van der Waals surface area contributed by atoms with E-state index in [1.807, 2.05) is 0 Å². The highest BCUT2D eigenvalue weighted by Crippen LogP contribution is 2.29. The SMILES string of the molecule is CC(=O)N(CC(=O)Nc1cccc(Cl)c1Cl)c1ccc(Cl)cc1. The minimum Gasteiger partial charge on any atom is -0.323 e. The van der Waals surface area contributed by atoms with Crippen molar-refractivity contribution in [3.63, 3.8) is 0 Å². The lowest BCUT2D eigenvalue weighted by atomic mass is 10.2. The van der Waals surface area contributed by atoms with Crippen molar-refractivity contribution in [1.29, 1.82) is 0 Å². The van der Waals surface area contributed by atoms with Gasteiger partial charge in [-0.25, -0.2) is 0 Å². The maximum Gasteiger partial charge on any atom is 0.244 e. The summed E-state index contributed by atoms with van der Waals surface area (Å²) in [6.07, 6.45) is 0. The van der Waals surface area contributed by atoms with Crippen LogP contribution < -0.4 is 10.2 Å². The summed E-state index contributed by atoms with van der Waals surface area (Å²) in [7, 11) is 0. The first-order valence-corrected chi connectivity index (χ1v) is 7.79. The number of benzene rings is 2. The number of carbonyl (C=O) groups excluding carboxylic acids is 2. The van der Waals surface area contributed by atoms with Crippen LogP contribution in [0.1, 0.15) is 6.92 Å². The molecule has 0 saturated carbocycles.